The maximum absolute atomic E-state index is 12.9. The van der Waals surface area contributed by atoms with Gasteiger partial charge in [0.25, 0.3) is 0 Å². The number of aromatic nitrogens is 1. The van der Waals surface area contributed by atoms with E-state index >= 15 is 0 Å². The van der Waals surface area contributed by atoms with E-state index in [0.717, 1.165) is 11.4 Å². The van der Waals surface area contributed by atoms with Crippen LogP contribution in [-0.4, -0.2) is 4.98 Å². The molecule has 1 aromatic carbocycles. The number of pyridine rings is 1. The molecule has 0 fully saturated rings. The van der Waals surface area contributed by atoms with Crippen LogP contribution in [-0.2, 0) is 0 Å². The van der Waals surface area contributed by atoms with Crippen molar-refractivity contribution >= 4 is 5.82 Å². The third kappa shape index (κ3) is 3.06. The molecule has 2 aromatic rings. The zero-order chi connectivity index (χ0) is 13.0. The number of rotatable bonds is 4. The summed E-state index contributed by atoms with van der Waals surface area (Å²) in [5, 5.41) is 3.38. The van der Waals surface area contributed by atoms with E-state index in [1.807, 2.05) is 30.3 Å². The second-order valence-electron chi connectivity index (χ2n) is 4.63. The molecule has 2 rings (SSSR count). The maximum atomic E-state index is 12.9. The van der Waals surface area contributed by atoms with Crippen LogP contribution in [0, 0.1) is 11.7 Å². The van der Waals surface area contributed by atoms with Crippen molar-refractivity contribution in [2.75, 3.05) is 5.32 Å². The molecule has 0 amide bonds. The molecule has 18 heavy (non-hydrogen) atoms. The highest BCUT2D eigenvalue weighted by molar-refractivity contribution is 5.38. The summed E-state index contributed by atoms with van der Waals surface area (Å²) >= 11 is 0. The van der Waals surface area contributed by atoms with Crippen LogP contribution in [0.5, 0.6) is 0 Å². The number of hydrogen-bond acceptors (Lipinski definition) is 2. The lowest BCUT2D eigenvalue weighted by Gasteiger charge is -2.23. The second-order valence-corrected chi connectivity index (χ2v) is 4.63. The molecule has 1 atom stereocenters. The summed E-state index contributed by atoms with van der Waals surface area (Å²) in [6.07, 6.45) is 1.75. The van der Waals surface area contributed by atoms with Gasteiger partial charge in [0.15, 0.2) is 0 Å². The molecule has 0 bridgehead atoms. The van der Waals surface area contributed by atoms with Gasteiger partial charge < -0.3 is 5.32 Å². The van der Waals surface area contributed by atoms with Gasteiger partial charge in [-0.15, -0.1) is 0 Å². The summed E-state index contributed by atoms with van der Waals surface area (Å²) in [4.78, 5) is 4.26. The third-order valence-corrected chi connectivity index (χ3v) is 2.86. The van der Waals surface area contributed by atoms with Crippen molar-refractivity contribution < 1.29 is 4.39 Å². The largest absolute Gasteiger partial charge is 0.363 e. The van der Waals surface area contributed by atoms with E-state index in [1.54, 1.807) is 6.20 Å². The lowest BCUT2D eigenvalue weighted by Crippen LogP contribution is -2.17. The molecular weight excluding hydrogens is 227 g/mol. The lowest BCUT2D eigenvalue weighted by molar-refractivity contribution is 0.542. The van der Waals surface area contributed by atoms with Crippen molar-refractivity contribution in [3.05, 3.63) is 60.0 Å². The van der Waals surface area contributed by atoms with Gasteiger partial charge in [0.2, 0.25) is 0 Å². The highest BCUT2D eigenvalue weighted by atomic mass is 19.1. The van der Waals surface area contributed by atoms with Gasteiger partial charge >= 0.3 is 0 Å². The monoisotopic (exact) mass is 244 g/mol. The minimum atomic E-state index is -0.209. The van der Waals surface area contributed by atoms with Crippen LogP contribution in [0.4, 0.5) is 10.2 Å². The van der Waals surface area contributed by atoms with E-state index in [2.05, 4.69) is 24.1 Å². The van der Waals surface area contributed by atoms with Gasteiger partial charge in [-0.1, -0.05) is 32.0 Å². The quantitative estimate of drug-likeness (QED) is 0.878. The normalized spacial score (nSPS) is 12.4. The SMILES string of the molecule is CC(C)C(Nc1ccccn1)c1ccc(F)cc1. The Kier molecular flexibility index (Phi) is 3.92. The molecule has 0 saturated heterocycles. The average molecular weight is 244 g/mol. The fourth-order valence-electron chi connectivity index (χ4n) is 1.91. The molecule has 0 aliphatic rings. The Morgan fingerprint density at radius 1 is 1.06 bits per heavy atom. The van der Waals surface area contributed by atoms with Gasteiger partial charge in [0, 0.05) is 6.20 Å². The molecule has 3 heteroatoms. The van der Waals surface area contributed by atoms with Crippen molar-refractivity contribution in [1.29, 1.82) is 0 Å². The first-order valence-corrected chi connectivity index (χ1v) is 6.10. The minimum Gasteiger partial charge on any atom is -0.363 e. The van der Waals surface area contributed by atoms with Crippen LogP contribution < -0.4 is 5.32 Å². The molecule has 0 saturated carbocycles. The molecular formula is C15H17FN2. The van der Waals surface area contributed by atoms with Crippen LogP contribution in [0.2, 0.25) is 0 Å². The van der Waals surface area contributed by atoms with Crippen molar-refractivity contribution in [1.82, 2.24) is 4.98 Å². The van der Waals surface area contributed by atoms with Gasteiger partial charge in [0.05, 0.1) is 6.04 Å². The van der Waals surface area contributed by atoms with Gasteiger partial charge in [-0.2, -0.15) is 0 Å². The summed E-state index contributed by atoms with van der Waals surface area (Å²) < 4.78 is 12.9. The number of anilines is 1. The molecule has 1 heterocycles. The van der Waals surface area contributed by atoms with E-state index in [1.165, 1.54) is 12.1 Å². The van der Waals surface area contributed by atoms with Crippen LogP contribution in [0.1, 0.15) is 25.5 Å². The number of nitrogens with one attached hydrogen (secondary N) is 1. The fourth-order valence-corrected chi connectivity index (χ4v) is 1.91. The van der Waals surface area contributed by atoms with E-state index < -0.39 is 0 Å². The highest BCUT2D eigenvalue weighted by Crippen LogP contribution is 2.25. The van der Waals surface area contributed by atoms with Gasteiger partial charge in [-0.25, -0.2) is 9.37 Å². The van der Waals surface area contributed by atoms with E-state index in [0.29, 0.717) is 5.92 Å². The molecule has 0 aliphatic heterocycles. The van der Waals surface area contributed by atoms with Crippen molar-refractivity contribution in [2.45, 2.75) is 19.9 Å². The Hall–Kier alpha value is -1.90. The lowest BCUT2D eigenvalue weighted by atomic mass is 9.96. The molecule has 2 nitrogen and oxygen atoms in total. The number of benzene rings is 1. The highest BCUT2D eigenvalue weighted by Gasteiger charge is 2.15. The fraction of sp³-hybridized carbons (Fsp3) is 0.267. The van der Waals surface area contributed by atoms with E-state index in [4.69, 9.17) is 0 Å². The zero-order valence-electron chi connectivity index (χ0n) is 10.6. The van der Waals surface area contributed by atoms with Crippen LogP contribution in [0.15, 0.2) is 48.7 Å². The first-order chi connectivity index (χ1) is 8.66. The van der Waals surface area contributed by atoms with E-state index in [-0.39, 0.29) is 11.9 Å². The summed E-state index contributed by atoms with van der Waals surface area (Å²) in [5.74, 6) is 1.01. The van der Waals surface area contributed by atoms with Crippen LogP contribution in [0.25, 0.3) is 0 Å². The zero-order valence-corrected chi connectivity index (χ0v) is 10.6. The summed E-state index contributed by atoms with van der Waals surface area (Å²) in [6, 6.07) is 12.5. The third-order valence-electron chi connectivity index (χ3n) is 2.86. The molecule has 0 radical (unpaired) electrons. The average Bonchev–Trinajstić information content (AvgIpc) is 2.38. The van der Waals surface area contributed by atoms with Crippen molar-refractivity contribution in [3.8, 4) is 0 Å². The molecule has 0 aliphatic carbocycles. The Labute approximate surface area is 107 Å². The van der Waals surface area contributed by atoms with Gasteiger partial charge in [-0.05, 0) is 35.7 Å². The van der Waals surface area contributed by atoms with Crippen molar-refractivity contribution in [3.63, 3.8) is 0 Å². The Morgan fingerprint density at radius 3 is 2.33 bits per heavy atom. The van der Waals surface area contributed by atoms with Crippen LogP contribution in [0.3, 0.4) is 0 Å². The Balaban J connectivity index is 2.21. The van der Waals surface area contributed by atoms with Crippen molar-refractivity contribution in [2.24, 2.45) is 5.92 Å². The second kappa shape index (κ2) is 5.63. The smallest absolute Gasteiger partial charge is 0.126 e. The number of halogens is 1. The predicted octanol–water partition coefficient (Wildman–Crippen LogP) is 4.03. The Bertz CT molecular complexity index is 480. The summed E-state index contributed by atoms with van der Waals surface area (Å²) in [7, 11) is 0. The Morgan fingerprint density at radius 2 is 1.78 bits per heavy atom. The molecule has 94 valence electrons. The predicted molar refractivity (Wildman–Crippen MR) is 71.8 cm³/mol. The van der Waals surface area contributed by atoms with Gasteiger partial charge in [0.1, 0.15) is 11.6 Å². The summed E-state index contributed by atoms with van der Waals surface area (Å²) in [5.41, 5.74) is 1.07. The minimum absolute atomic E-state index is 0.125. The first-order valence-electron chi connectivity index (χ1n) is 6.10. The standard InChI is InChI=1S/C15H17FN2/c1-11(2)15(12-6-8-13(16)9-7-12)18-14-5-3-4-10-17-14/h3-11,15H,1-2H3,(H,17,18). The number of hydrogen-bond donors (Lipinski definition) is 1. The summed E-state index contributed by atoms with van der Waals surface area (Å²) in [6.45, 7) is 4.26. The molecule has 0 spiro atoms. The molecule has 1 N–H and O–H groups in total. The topological polar surface area (TPSA) is 24.9 Å². The maximum Gasteiger partial charge on any atom is 0.126 e. The molecule has 1 unspecified atom stereocenters. The molecule has 1 aromatic heterocycles. The van der Waals surface area contributed by atoms with E-state index in [9.17, 15) is 4.39 Å². The number of nitrogens with zero attached hydrogens (tertiary/aromatic N) is 1. The van der Waals surface area contributed by atoms with Gasteiger partial charge in [-0.3, -0.25) is 0 Å². The first kappa shape index (κ1) is 12.6. The van der Waals surface area contributed by atoms with Crippen LogP contribution >= 0.6 is 0 Å².